The van der Waals surface area contributed by atoms with E-state index in [0.717, 1.165) is 69.2 Å². The quantitative estimate of drug-likeness (QED) is 0.836. The minimum Gasteiger partial charge on any atom is -0.343 e. The Kier molecular flexibility index (Phi) is 5.16. The van der Waals surface area contributed by atoms with Gasteiger partial charge in [-0.15, -0.1) is 0 Å². The lowest BCUT2D eigenvalue weighted by atomic mass is 9.95. The molecule has 142 valence electrons. The fourth-order valence-electron chi connectivity index (χ4n) is 4.09. The SMILES string of the molecule is CC(=O)N1CCC(c2ncc3c(n2)CCN(Cc2cccc(C)n2)C3)CC1. The van der Waals surface area contributed by atoms with Crippen LogP contribution in [0.1, 0.15) is 54.2 Å². The number of nitrogens with zero attached hydrogens (tertiary/aromatic N) is 5. The van der Waals surface area contributed by atoms with Crippen LogP contribution in [0.4, 0.5) is 0 Å². The molecule has 6 nitrogen and oxygen atoms in total. The molecular formula is C21H27N5O. The van der Waals surface area contributed by atoms with E-state index >= 15 is 0 Å². The van der Waals surface area contributed by atoms with Gasteiger partial charge in [0.15, 0.2) is 0 Å². The molecule has 2 aliphatic rings. The maximum Gasteiger partial charge on any atom is 0.219 e. The molecule has 0 atom stereocenters. The number of aromatic nitrogens is 3. The molecule has 0 aliphatic carbocycles. The molecule has 0 aromatic carbocycles. The molecule has 2 aromatic heterocycles. The molecule has 4 heterocycles. The van der Waals surface area contributed by atoms with Gasteiger partial charge in [0.05, 0.1) is 5.69 Å². The summed E-state index contributed by atoms with van der Waals surface area (Å²) in [5.74, 6) is 1.51. The Bertz CT molecular complexity index is 829. The van der Waals surface area contributed by atoms with Crippen LogP contribution < -0.4 is 0 Å². The maximum absolute atomic E-state index is 11.5. The monoisotopic (exact) mass is 365 g/mol. The predicted octanol–water partition coefficient (Wildman–Crippen LogP) is 2.46. The number of rotatable bonds is 3. The average molecular weight is 365 g/mol. The van der Waals surface area contributed by atoms with E-state index in [4.69, 9.17) is 4.98 Å². The summed E-state index contributed by atoms with van der Waals surface area (Å²) in [5, 5.41) is 0. The molecule has 2 aliphatic heterocycles. The Morgan fingerprint density at radius 1 is 1.19 bits per heavy atom. The van der Waals surface area contributed by atoms with Gasteiger partial charge in [0.2, 0.25) is 5.91 Å². The van der Waals surface area contributed by atoms with Crippen LogP contribution in [-0.2, 0) is 24.3 Å². The Hall–Kier alpha value is -2.34. The van der Waals surface area contributed by atoms with E-state index in [-0.39, 0.29) is 5.91 Å². The molecule has 2 aromatic rings. The Morgan fingerprint density at radius 3 is 2.74 bits per heavy atom. The predicted molar refractivity (Wildman–Crippen MR) is 103 cm³/mol. The lowest BCUT2D eigenvalue weighted by Crippen LogP contribution is -2.37. The number of likely N-dealkylation sites (tertiary alicyclic amines) is 1. The van der Waals surface area contributed by atoms with Crippen molar-refractivity contribution in [2.75, 3.05) is 19.6 Å². The lowest BCUT2D eigenvalue weighted by Gasteiger charge is -2.31. The van der Waals surface area contributed by atoms with Crippen LogP contribution in [0.25, 0.3) is 0 Å². The molecule has 1 amide bonds. The van der Waals surface area contributed by atoms with Crippen molar-refractivity contribution in [3.63, 3.8) is 0 Å². The first-order valence-electron chi connectivity index (χ1n) is 9.83. The smallest absolute Gasteiger partial charge is 0.219 e. The van der Waals surface area contributed by atoms with Crippen molar-refractivity contribution >= 4 is 5.91 Å². The topological polar surface area (TPSA) is 62.2 Å². The second-order valence-electron chi connectivity index (χ2n) is 7.71. The van der Waals surface area contributed by atoms with Gasteiger partial charge in [-0.1, -0.05) is 6.07 Å². The van der Waals surface area contributed by atoms with E-state index in [1.54, 1.807) is 6.92 Å². The van der Waals surface area contributed by atoms with Gasteiger partial charge in [0, 0.05) is 75.1 Å². The number of carbonyl (C=O) groups excluding carboxylic acids is 1. The molecule has 0 spiro atoms. The summed E-state index contributed by atoms with van der Waals surface area (Å²) in [6.07, 6.45) is 4.90. The molecule has 6 heteroatoms. The second kappa shape index (κ2) is 7.72. The number of hydrogen-bond donors (Lipinski definition) is 0. The van der Waals surface area contributed by atoms with Crippen molar-refractivity contribution < 1.29 is 4.79 Å². The molecule has 0 saturated carbocycles. The van der Waals surface area contributed by atoms with Gasteiger partial charge >= 0.3 is 0 Å². The van der Waals surface area contributed by atoms with Gasteiger partial charge in [-0.05, 0) is 31.9 Å². The summed E-state index contributed by atoms with van der Waals surface area (Å²) in [6.45, 7) is 8.07. The second-order valence-corrected chi connectivity index (χ2v) is 7.71. The third kappa shape index (κ3) is 4.16. The number of amides is 1. The van der Waals surface area contributed by atoms with Gasteiger partial charge in [0.25, 0.3) is 0 Å². The largest absolute Gasteiger partial charge is 0.343 e. The third-order valence-corrected chi connectivity index (χ3v) is 5.67. The van der Waals surface area contributed by atoms with E-state index in [2.05, 4.69) is 27.0 Å². The van der Waals surface area contributed by atoms with Crippen molar-refractivity contribution in [3.8, 4) is 0 Å². The van der Waals surface area contributed by atoms with E-state index in [1.165, 1.54) is 11.3 Å². The molecule has 0 unspecified atom stereocenters. The van der Waals surface area contributed by atoms with Crippen LogP contribution in [0.5, 0.6) is 0 Å². The van der Waals surface area contributed by atoms with Crippen LogP contribution in [0.3, 0.4) is 0 Å². The first kappa shape index (κ1) is 18.0. The molecule has 1 fully saturated rings. The summed E-state index contributed by atoms with van der Waals surface area (Å²) in [7, 11) is 0. The molecule has 27 heavy (non-hydrogen) atoms. The zero-order valence-corrected chi connectivity index (χ0v) is 16.2. The minimum atomic E-state index is 0.169. The maximum atomic E-state index is 11.5. The Labute approximate surface area is 160 Å². The van der Waals surface area contributed by atoms with Crippen molar-refractivity contribution in [1.29, 1.82) is 0 Å². The summed E-state index contributed by atoms with van der Waals surface area (Å²) >= 11 is 0. The normalized spacial score (nSPS) is 18.4. The third-order valence-electron chi connectivity index (χ3n) is 5.67. The zero-order valence-electron chi connectivity index (χ0n) is 16.2. The molecule has 0 radical (unpaired) electrons. The molecular weight excluding hydrogens is 338 g/mol. The van der Waals surface area contributed by atoms with E-state index < -0.39 is 0 Å². The fourth-order valence-corrected chi connectivity index (χ4v) is 4.09. The van der Waals surface area contributed by atoms with E-state index in [9.17, 15) is 4.79 Å². The average Bonchev–Trinajstić information content (AvgIpc) is 2.68. The van der Waals surface area contributed by atoms with Crippen molar-refractivity contribution in [1.82, 2.24) is 24.8 Å². The summed E-state index contributed by atoms with van der Waals surface area (Å²) in [4.78, 5) is 30.0. The number of aryl methyl sites for hydroxylation is 1. The first-order valence-corrected chi connectivity index (χ1v) is 9.83. The van der Waals surface area contributed by atoms with Gasteiger partial charge in [-0.25, -0.2) is 9.97 Å². The minimum absolute atomic E-state index is 0.169. The highest BCUT2D eigenvalue weighted by molar-refractivity contribution is 5.73. The van der Waals surface area contributed by atoms with Gasteiger partial charge in [-0.2, -0.15) is 0 Å². The molecule has 0 bridgehead atoms. The Balaban J connectivity index is 1.40. The molecule has 4 rings (SSSR count). The number of carbonyl (C=O) groups is 1. The Morgan fingerprint density at radius 2 is 2.00 bits per heavy atom. The number of hydrogen-bond acceptors (Lipinski definition) is 5. The molecule has 0 N–H and O–H groups in total. The van der Waals surface area contributed by atoms with E-state index in [1.807, 2.05) is 24.1 Å². The van der Waals surface area contributed by atoms with Crippen molar-refractivity contribution in [2.24, 2.45) is 0 Å². The highest BCUT2D eigenvalue weighted by atomic mass is 16.2. The van der Waals surface area contributed by atoms with Gasteiger partial charge in [0.1, 0.15) is 5.82 Å². The van der Waals surface area contributed by atoms with Crippen LogP contribution in [0, 0.1) is 6.92 Å². The summed E-state index contributed by atoms with van der Waals surface area (Å²) in [6, 6.07) is 6.20. The first-order chi connectivity index (χ1) is 13.1. The van der Waals surface area contributed by atoms with Crippen LogP contribution >= 0.6 is 0 Å². The van der Waals surface area contributed by atoms with Crippen LogP contribution in [0.15, 0.2) is 24.4 Å². The number of pyridine rings is 1. The number of fused-ring (bicyclic) bond motifs is 1. The van der Waals surface area contributed by atoms with Crippen LogP contribution in [0.2, 0.25) is 0 Å². The lowest BCUT2D eigenvalue weighted by molar-refractivity contribution is -0.129. The molecule has 1 saturated heterocycles. The summed E-state index contributed by atoms with van der Waals surface area (Å²) < 4.78 is 0. The van der Waals surface area contributed by atoms with Crippen molar-refractivity contribution in [3.05, 3.63) is 52.9 Å². The number of piperidine rings is 1. The highest BCUT2D eigenvalue weighted by Gasteiger charge is 2.26. The van der Waals surface area contributed by atoms with Gasteiger partial charge in [-0.3, -0.25) is 14.7 Å². The summed E-state index contributed by atoms with van der Waals surface area (Å²) in [5.41, 5.74) is 4.61. The highest BCUT2D eigenvalue weighted by Crippen LogP contribution is 2.27. The standard InChI is InChI=1S/C21H27N5O/c1-15-4-3-5-19(23-15)14-25-9-8-20-18(13-25)12-22-21(24-20)17-6-10-26(11-7-17)16(2)27/h3-5,12,17H,6-11,13-14H2,1-2H3. The van der Waals surface area contributed by atoms with Crippen molar-refractivity contribution in [2.45, 2.75) is 52.1 Å². The van der Waals surface area contributed by atoms with Gasteiger partial charge < -0.3 is 4.90 Å². The fraction of sp³-hybridized carbons (Fsp3) is 0.524. The zero-order chi connectivity index (χ0) is 18.8. The van der Waals surface area contributed by atoms with Crippen LogP contribution in [-0.4, -0.2) is 50.3 Å². The van der Waals surface area contributed by atoms with E-state index in [0.29, 0.717) is 5.92 Å².